The molecular formula is C13H14ClNO4. The first-order chi connectivity index (χ1) is 8.97. The molecule has 0 radical (unpaired) electrons. The highest BCUT2D eigenvalue weighted by atomic mass is 35.5. The van der Waals surface area contributed by atoms with Crippen LogP contribution >= 0.6 is 11.6 Å². The van der Waals surface area contributed by atoms with Gasteiger partial charge in [-0.15, -0.1) is 0 Å². The third-order valence-corrected chi connectivity index (χ3v) is 3.23. The summed E-state index contributed by atoms with van der Waals surface area (Å²) in [5, 5.41) is 11.9. The van der Waals surface area contributed by atoms with E-state index in [0.29, 0.717) is 17.2 Å². The van der Waals surface area contributed by atoms with Gasteiger partial charge in [0.2, 0.25) is 0 Å². The van der Waals surface area contributed by atoms with Crippen molar-refractivity contribution < 1.29 is 19.4 Å². The Labute approximate surface area is 115 Å². The lowest BCUT2D eigenvalue weighted by molar-refractivity contribution is -0.141. The zero-order chi connectivity index (χ0) is 14.0. The lowest BCUT2D eigenvalue weighted by atomic mass is 10.1. The number of aliphatic carboxylic acids is 1. The lowest BCUT2D eigenvalue weighted by Gasteiger charge is -2.12. The molecule has 0 saturated carbocycles. The fourth-order valence-corrected chi connectivity index (χ4v) is 2.01. The van der Waals surface area contributed by atoms with Crippen LogP contribution in [0.4, 0.5) is 0 Å². The average molecular weight is 284 g/mol. The molecule has 0 unspecified atom stereocenters. The van der Waals surface area contributed by atoms with Gasteiger partial charge >= 0.3 is 5.97 Å². The highest BCUT2D eigenvalue weighted by Gasteiger charge is 2.29. The number of nitrogens with one attached hydrogen (secondary N) is 1. The van der Waals surface area contributed by atoms with Crippen LogP contribution in [0.5, 0.6) is 5.75 Å². The van der Waals surface area contributed by atoms with Gasteiger partial charge in [0, 0.05) is 18.0 Å². The van der Waals surface area contributed by atoms with Crippen LogP contribution in [0.1, 0.15) is 12.5 Å². The highest BCUT2D eigenvalue weighted by molar-refractivity contribution is 6.30. The molecule has 2 atom stereocenters. The summed E-state index contributed by atoms with van der Waals surface area (Å²) in [5.74, 6) is -1.22. The van der Waals surface area contributed by atoms with E-state index in [-0.39, 0.29) is 12.5 Å². The van der Waals surface area contributed by atoms with Gasteiger partial charge in [-0.2, -0.15) is 0 Å². The van der Waals surface area contributed by atoms with Gasteiger partial charge in [-0.3, -0.25) is 9.59 Å². The predicted molar refractivity (Wildman–Crippen MR) is 69.4 cm³/mol. The summed E-state index contributed by atoms with van der Waals surface area (Å²) in [5.41, 5.74) is 0.888. The lowest BCUT2D eigenvalue weighted by Crippen LogP contribution is -2.40. The number of rotatable bonds is 4. The number of carbonyl (C=O) groups is 2. The van der Waals surface area contributed by atoms with Crippen molar-refractivity contribution in [3.63, 3.8) is 0 Å². The summed E-state index contributed by atoms with van der Waals surface area (Å²) >= 11 is 5.87. The predicted octanol–water partition coefficient (Wildman–Crippen LogP) is 1.48. The van der Waals surface area contributed by atoms with Crippen LogP contribution in [-0.2, 0) is 16.0 Å². The first kappa shape index (κ1) is 13.7. The topological polar surface area (TPSA) is 75.6 Å². The number of benzene rings is 1. The second-order valence-corrected chi connectivity index (χ2v) is 4.98. The third kappa shape index (κ3) is 3.17. The summed E-state index contributed by atoms with van der Waals surface area (Å²) in [4.78, 5) is 22.5. The van der Waals surface area contributed by atoms with Crippen LogP contribution in [0.3, 0.4) is 0 Å². The first-order valence-corrected chi connectivity index (χ1v) is 6.30. The largest absolute Gasteiger partial charge is 0.481 e. The third-order valence-electron chi connectivity index (χ3n) is 2.99. The van der Waals surface area contributed by atoms with Gasteiger partial charge in [0.25, 0.3) is 5.91 Å². The Morgan fingerprint density at radius 3 is 3.00 bits per heavy atom. The van der Waals surface area contributed by atoms with Gasteiger partial charge in [0.05, 0.1) is 5.92 Å². The second kappa shape index (κ2) is 5.48. The Bertz CT molecular complexity index is 517. The number of carboxylic acids is 1. The van der Waals surface area contributed by atoms with E-state index in [9.17, 15) is 9.59 Å². The second-order valence-electron chi connectivity index (χ2n) is 4.55. The fourth-order valence-electron chi connectivity index (χ4n) is 1.82. The molecule has 0 fully saturated rings. The van der Waals surface area contributed by atoms with Crippen molar-refractivity contribution in [3.8, 4) is 5.75 Å². The maximum Gasteiger partial charge on any atom is 0.308 e. The summed E-state index contributed by atoms with van der Waals surface area (Å²) < 4.78 is 5.50. The Hall–Kier alpha value is -1.75. The van der Waals surface area contributed by atoms with E-state index in [0.717, 1.165) is 5.56 Å². The van der Waals surface area contributed by atoms with E-state index < -0.39 is 18.0 Å². The number of amides is 1. The van der Waals surface area contributed by atoms with Crippen molar-refractivity contribution >= 4 is 23.5 Å². The van der Waals surface area contributed by atoms with Crippen molar-refractivity contribution in [1.82, 2.24) is 5.32 Å². The van der Waals surface area contributed by atoms with Crippen LogP contribution in [0.25, 0.3) is 0 Å². The average Bonchev–Trinajstić information content (AvgIpc) is 2.78. The van der Waals surface area contributed by atoms with Gasteiger partial charge in [0.1, 0.15) is 5.75 Å². The molecule has 0 bridgehead atoms. The summed E-state index contributed by atoms with van der Waals surface area (Å²) in [6, 6.07) is 5.20. The quantitative estimate of drug-likeness (QED) is 0.878. The summed E-state index contributed by atoms with van der Waals surface area (Å²) in [6.07, 6.45) is -0.169. The molecule has 0 aromatic heterocycles. The molecule has 1 aromatic carbocycles. The maximum absolute atomic E-state index is 11.9. The minimum Gasteiger partial charge on any atom is -0.481 e. The number of fused-ring (bicyclic) bond motifs is 1. The molecule has 1 aliphatic heterocycles. The van der Waals surface area contributed by atoms with Crippen molar-refractivity contribution in [3.05, 3.63) is 28.8 Å². The number of hydrogen-bond donors (Lipinski definition) is 2. The zero-order valence-electron chi connectivity index (χ0n) is 10.4. The number of ether oxygens (including phenoxy) is 1. The number of carbonyl (C=O) groups excluding carboxylic acids is 1. The van der Waals surface area contributed by atoms with Crippen molar-refractivity contribution in [2.75, 3.05) is 6.54 Å². The Kier molecular flexibility index (Phi) is 3.95. The van der Waals surface area contributed by atoms with E-state index in [2.05, 4.69) is 5.32 Å². The van der Waals surface area contributed by atoms with Crippen molar-refractivity contribution in [2.24, 2.45) is 5.92 Å². The molecule has 0 saturated heterocycles. The van der Waals surface area contributed by atoms with Crippen LogP contribution < -0.4 is 10.1 Å². The Morgan fingerprint density at radius 2 is 2.32 bits per heavy atom. The van der Waals surface area contributed by atoms with Gasteiger partial charge < -0.3 is 15.2 Å². The highest BCUT2D eigenvalue weighted by Crippen LogP contribution is 2.31. The molecule has 1 heterocycles. The van der Waals surface area contributed by atoms with E-state index in [1.54, 1.807) is 18.2 Å². The molecule has 2 rings (SSSR count). The monoisotopic (exact) mass is 283 g/mol. The fraction of sp³-hybridized carbons (Fsp3) is 0.385. The smallest absolute Gasteiger partial charge is 0.308 e. The van der Waals surface area contributed by atoms with E-state index in [1.165, 1.54) is 6.92 Å². The molecule has 19 heavy (non-hydrogen) atoms. The molecule has 0 spiro atoms. The molecular weight excluding hydrogens is 270 g/mol. The molecule has 1 amide bonds. The molecule has 5 nitrogen and oxygen atoms in total. The molecule has 2 N–H and O–H groups in total. The normalized spacial score (nSPS) is 18.3. The number of hydrogen-bond acceptors (Lipinski definition) is 3. The van der Waals surface area contributed by atoms with Gasteiger partial charge in [-0.25, -0.2) is 0 Å². The molecule has 0 aliphatic carbocycles. The van der Waals surface area contributed by atoms with Gasteiger partial charge in [-0.1, -0.05) is 18.5 Å². The zero-order valence-corrected chi connectivity index (χ0v) is 11.1. The molecule has 1 aliphatic rings. The molecule has 102 valence electrons. The van der Waals surface area contributed by atoms with Crippen molar-refractivity contribution in [2.45, 2.75) is 19.4 Å². The minimum absolute atomic E-state index is 0.0884. The van der Waals surface area contributed by atoms with Crippen LogP contribution in [-0.4, -0.2) is 29.6 Å². The standard InChI is InChI=1S/C13H14ClNO4/c1-7(13(17)18)6-15-12(16)11-5-8-4-9(14)2-3-10(8)19-11/h2-4,7,11H,5-6H2,1H3,(H,15,16)(H,17,18)/t7-,11-/m1/s1. The van der Waals surface area contributed by atoms with Gasteiger partial charge in [-0.05, 0) is 23.8 Å². The van der Waals surface area contributed by atoms with Crippen LogP contribution in [0, 0.1) is 5.92 Å². The number of carboxylic acid groups (broad SMARTS) is 1. The Balaban J connectivity index is 1.92. The van der Waals surface area contributed by atoms with Crippen LogP contribution in [0.2, 0.25) is 5.02 Å². The first-order valence-electron chi connectivity index (χ1n) is 5.93. The molecule has 1 aromatic rings. The van der Waals surface area contributed by atoms with Crippen LogP contribution in [0.15, 0.2) is 18.2 Å². The Morgan fingerprint density at radius 1 is 1.58 bits per heavy atom. The molecule has 6 heteroatoms. The van der Waals surface area contributed by atoms with E-state index in [1.807, 2.05) is 0 Å². The SMILES string of the molecule is C[C@H](CNC(=O)[C@H]1Cc2cc(Cl)ccc2O1)C(=O)O. The van der Waals surface area contributed by atoms with Crippen molar-refractivity contribution in [1.29, 1.82) is 0 Å². The van der Waals surface area contributed by atoms with E-state index >= 15 is 0 Å². The minimum atomic E-state index is -0.942. The van der Waals surface area contributed by atoms with E-state index in [4.69, 9.17) is 21.4 Å². The maximum atomic E-state index is 11.9. The van der Waals surface area contributed by atoms with Gasteiger partial charge in [0.15, 0.2) is 6.10 Å². The summed E-state index contributed by atoms with van der Waals surface area (Å²) in [6.45, 7) is 1.62. The summed E-state index contributed by atoms with van der Waals surface area (Å²) in [7, 11) is 0. The number of halogens is 1.